The number of pyridine rings is 1. The summed E-state index contributed by atoms with van der Waals surface area (Å²) in [6, 6.07) is 20.5. The van der Waals surface area contributed by atoms with Crippen LogP contribution in [0.4, 0.5) is 0 Å². The summed E-state index contributed by atoms with van der Waals surface area (Å²) >= 11 is 7.53. The molecular weight excluding hydrogens is 844 g/mol. The van der Waals surface area contributed by atoms with Crippen molar-refractivity contribution >= 4 is 42.8 Å². The Morgan fingerprint density at radius 2 is 1.52 bits per heavy atom. The van der Waals surface area contributed by atoms with Gasteiger partial charge in [-0.3, -0.25) is 0 Å². The Hall–Kier alpha value is -1.95. The number of hydrogen-bond donors (Lipinski definition) is 1. The molecule has 1 aromatic heterocycles. The number of ether oxygens (including phenoxy) is 3. The molecule has 1 N–H and O–H groups in total. The van der Waals surface area contributed by atoms with Crippen molar-refractivity contribution in [3.05, 3.63) is 105 Å². The highest BCUT2D eigenvalue weighted by atomic mass is 79.9. The second-order valence-corrected chi connectivity index (χ2v) is 13.9. The van der Waals surface area contributed by atoms with Crippen molar-refractivity contribution in [3.63, 3.8) is 0 Å². The number of quaternary nitrogens is 1. The van der Waals surface area contributed by atoms with Gasteiger partial charge in [0.05, 0.1) is 39.8 Å². The molecule has 5 atom stereocenters. The quantitative estimate of drug-likeness (QED) is 0.149. The van der Waals surface area contributed by atoms with Crippen LogP contribution in [0.15, 0.2) is 88.5 Å². The molecule has 0 radical (unpaired) electrons. The number of aromatic nitrogens is 1. The smallest absolute Gasteiger partial charge is 0.213 e. The van der Waals surface area contributed by atoms with E-state index in [0.717, 1.165) is 85.2 Å². The molecule has 6 nitrogen and oxygen atoms in total. The second-order valence-electron chi connectivity index (χ2n) is 12.2. The zero-order valence-corrected chi connectivity index (χ0v) is 32.6. The Morgan fingerprint density at radius 1 is 0.913 bits per heavy atom. The van der Waals surface area contributed by atoms with Crippen LogP contribution in [0.2, 0.25) is 0 Å². The van der Waals surface area contributed by atoms with Crippen molar-refractivity contribution in [2.45, 2.75) is 38.1 Å². The van der Waals surface area contributed by atoms with Gasteiger partial charge in [-0.25, -0.2) is 0 Å². The van der Waals surface area contributed by atoms with Gasteiger partial charge in [0.2, 0.25) is 5.52 Å². The summed E-state index contributed by atoms with van der Waals surface area (Å²) in [5.74, 6) is 3.40. The molecule has 4 aromatic rings. The van der Waals surface area contributed by atoms with Crippen molar-refractivity contribution in [3.8, 4) is 17.2 Å². The number of halogens is 4. The van der Waals surface area contributed by atoms with Gasteiger partial charge in [0.25, 0.3) is 0 Å². The Kier molecular flexibility index (Phi) is 12.4. The van der Waals surface area contributed by atoms with Gasteiger partial charge < -0.3 is 57.8 Å². The number of rotatable bonds is 10. The molecule has 7 rings (SSSR count). The van der Waals surface area contributed by atoms with Crippen LogP contribution < -0.4 is 52.7 Å². The first kappa shape index (κ1) is 36.9. The van der Waals surface area contributed by atoms with Crippen LogP contribution in [0.3, 0.4) is 0 Å². The van der Waals surface area contributed by atoms with Gasteiger partial charge in [0.15, 0.2) is 12.7 Å². The highest BCUT2D eigenvalue weighted by molar-refractivity contribution is 9.10. The van der Waals surface area contributed by atoms with E-state index in [0.29, 0.717) is 18.4 Å². The van der Waals surface area contributed by atoms with E-state index in [9.17, 15) is 5.11 Å². The van der Waals surface area contributed by atoms with Crippen LogP contribution in [0.1, 0.15) is 35.6 Å². The molecule has 46 heavy (non-hydrogen) atoms. The van der Waals surface area contributed by atoms with Gasteiger partial charge in [-0.05, 0) is 54.4 Å². The standard InChI is InChI=1S/C36H40Br2N2O4.2BrH/c1-5-23-21-40(22-26-17-28(43-3)7-10-33(26)38)15-13-24(23)18-35(40)36(41)30-12-14-39(34-11-8-29(44-4)19-31(30)34)20-25-16-27(42-2)6-9-32(25)37;;/h5-12,14,16-17,19,23-24,35-36,41H,1,13,15,18,20-22H2,2-4H3;2*1H/q+2;;/p-2. The van der Waals surface area contributed by atoms with Gasteiger partial charge >= 0.3 is 0 Å². The first-order valence-corrected chi connectivity index (χ1v) is 16.7. The molecule has 3 aliphatic rings. The maximum Gasteiger partial charge on any atom is 0.213 e. The fourth-order valence-electron chi connectivity index (χ4n) is 7.57. The van der Waals surface area contributed by atoms with E-state index in [1.807, 2.05) is 24.3 Å². The van der Waals surface area contributed by atoms with Crippen LogP contribution in [-0.4, -0.2) is 50.1 Å². The molecule has 3 aromatic carbocycles. The highest BCUT2D eigenvalue weighted by Gasteiger charge is 2.54. The fraction of sp³-hybridized carbons (Fsp3) is 0.361. The van der Waals surface area contributed by atoms with Crippen molar-refractivity contribution in [1.29, 1.82) is 0 Å². The lowest BCUT2D eigenvalue weighted by atomic mass is 9.71. The van der Waals surface area contributed by atoms with Crippen molar-refractivity contribution in [1.82, 2.24) is 0 Å². The molecule has 3 saturated heterocycles. The number of hydrogen-bond acceptors (Lipinski definition) is 4. The molecule has 2 bridgehead atoms. The number of piperidine rings is 3. The summed E-state index contributed by atoms with van der Waals surface area (Å²) in [4.78, 5) is 0. The third-order valence-corrected chi connectivity index (χ3v) is 11.5. The van der Waals surface area contributed by atoms with Crippen molar-refractivity contribution in [2.75, 3.05) is 34.4 Å². The third kappa shape index (κ3) is 7.08. The first-order valence-electron chi connectivity index (χ1n) is 15.1. The van der Waals surface area contributed by atoms with E-state index in [-0.39, 0.29) is 40.0 Å². The summed E-state index contributed by atoms with van der Waals surface area (Å²) in [5.41, 5.74) is 4.29. The third-order valence-electron chi connectivity index (χ3n) is 9.95. The zero-order chi connectivity index (χ0) is 31.0. The Bertz CT molecular complexity index is 1700. The van der Waals surface area contributed by atoms with Crippen molar-refractivity contribution in [2.24, 2.45) is 11.8 Å². The van der Waals surface area contributed by atoms with Gasteiger partial charge in [0.1, 0.15) is 35.9 Å². The lowest BCUT2D eigenvalue weighted by molar-refractivity contribution is -0.985. The van der Waals surface area contributed by atoms with Gasteiger partial charge in [-0.2, -0.15) is 4.57 Å². The van der Waals surface area contributed by atoms with Gasteiger partial charge in [-0.15, -0.1) is 6.58 Å². The fourth-order valence-corrected chi connectivity index (χ4v) is 8.31. The largest absolute Gasteiger partial charge is 1.00 e. The van der Waals surface area contributed by atoms with Crippen LogP contribution >= 0.6 is 31.9 Å². The van der Waals surface area contributed by atoms with Crippen LogP contribution in [-0.2, 0) is 13.1 Å². The lowest BCUT2D eigenvalue weighted by Gasteiger charge is -2.58. The number of benzene rings is 3. The van der Waals surface area contributed by atoms with Gasteiger partial charge in [-0.1, -0.05) is 37.9 Å². The van der Waals surface area contributed by atoms with Crippen molar-refractivity contribution < 1.29 is 62.3 Å². The molecule has 4 heterocycles. The van der Waals surface area contributed by atoms with Crippen LogP contribution in [0, 0.1) is 11.8 Å². The normalized spacial score (nSPS) is 22.3. The van der Waals surface area contributed by atoms with E-state index in [4.69, 9.17) is 14.2 Å². The minimum absolute atomic E-state index is 0. The number of methoxy groups -OCH3 is 3. The molecule has 0 aliphatic carbocycles. The van der Waals surface area contributed by atoms with E-state index in [1.54, 1.807) is 21.3 Å². The Labute approximate surface area is 309 Å². The average molecular weight is 884 g/mol. The molecule has 3 aliphatic heterocycles. The predicted molar refractivity (Wildman–Crippen MR) is 180 cm³/mol. The lowest BCUT2D eigenvalue weighted by Crippen LogP contribution is -3.00. The monoisotopic (exact) mass is 880 g/mol. The van der Waals surface area contributed by atoms with E-state index in [2.05, 4.69) is 91.7 Å². The van der Waals surface area contributed by atoms with E-state index >= 15 is 0 Å². The Balaban J connectivity index is 0.00000240. The predicted octanol–water partition coefficient (Wildman–Crippen LogP) is 1.38. The molecule has 3 fully saturated rings. The molecule has 246 valence electrons. The molecule has 0 spiro atoms. The number of aliphatic hydroxyl groups excluding tert-OH is 1. The minimum atomic E-state index is -0.652. The molecule has 10 heteroatoms. The maximum atomic E-state index is 12.4. The Morgan fingerprint density at radius 3 is 2.17 bits per heavy atom. The van der Waals surface area contributed by atoms with E-state index < -0.39 is 6.10 Å². The van der Waals surface area contributed by atoms with Crippen LogP contribution in [0.25, 0.3) is 10.9 Å². The summed E-state index contributed by atoms with van der Waals surface area (Å²) in [6.07, 6.45) is 5.69. The molecule has 0 saturated carbocycles. The second kappa shape index (κ2) is 15.5. The van der Waals surface area contributed by atoms with Crippen LogP contribution in [0.5, 0.6) is 17.2 Å². The molecular formula is C36H40Br4N2O4. The summed E-state index contributed by atoms with van der Waals surface area (Å²) < 4.78 is 21.9. The minimum Gasteiger partial charge on any atom is -1.00 e. The van der Waals surface area contributed by atoms with E-state index in [1.165, 1.54) is 5.56 Å². The average Bonchev–Trinajstić information content (AvgIpc) is 3.06. The van der Waals surface area contributed by atoms with Gasteiger partial charge in [0, 0.05) is 56.5 Å². The maximum absolute atomic E-state index is 12.4. The number of nitrogens with zero attached hydrogens (tertiary/aromatic N) is 2. The topological polar surface area (TPSA) is 51.8 Å². The summed E-state index contributed by atoms with van der Waals surface area (Å²) in [5, 5.41) is 13.4. The highest BCUT2D eigenvalue weighted by Crippen LogP contribution is 2.48. The number of fused-ring (bicyclic) bond motifs is 4. The number of aliphatic hydroxyl groups is 1. The molecule has 5 unspecified atom stereocenters. The first-order chi connectivity index (χ1) is 21.3. The SMILES string of the molecule is C=CC1C[N+]2(Cc3cc(OC)ccc3Br)CCC1CC2C(O)c1cc[n+](Cc2cc(OC)ccc2Br)c2ccc(OC)cc12.[Br-].[Br-]. The summed E-state index contributed by atoms with van der Waals surface area (Å²) in [7, 11) is 5.08. The zero-order valence-electron chi connectivity index (χ0n) is 26.3. The molecule has 0 amide bonds. The summed E-state index contributed by atoms with van der Waals surface area (Å²) in [6.45, 7) is 7.66.